The maximum Gasteiger partial charge on any atom is 0.236 e. The van der Waals surface area contributed by atoms with Gasteiger partial charge in [-0.25, -0.2) is 4.98 Å². The highest BCUT2D eigenvalue weighted by Gasteiger charge is 2.13. The van der Waals surface area contributed by atoms with Gasteiger partial charge >= 0.3 is 0 Å². The lowest BCUT2D eigenvalue weighted by molar-refractivity contribution is -0.113. The molecule has 0 saturated carbocycles. The van der Waals surface area contributed by atoms with E-state index < -0.39 is 0 Å². The lowest BCUT2D eigenvalue weighted by atomic mass is 10.1. The van der Waals surface area contributed by atoms with Crippen molar-refractivity contribution >= 4 is 34.1 Å². The number of aryl methyl sites for hydroxylation is 2. The maximum atomic E-state index is 11.9. The van der Waals surface area contributed by atoms with Gasteiger partial charge in [-0.2, -0.15) is 4.68 Å². The fourth-order valence-corrected chi connectivity index (χ4v) is 3.26. The molecule has 0 atom stereocenters. The van der Waals surface area contributed by atoms with Crippen LogP contribution in [0.25, 0.3) is 5.69 Å². The Morgan fingerprint density at radius 1 is 1.39 bits per heavy atom. The van der Waals surface area contributed by atoms with Gasteiger partial charge in [-0.05, 0) is 35.9 Å². The van der Waals surface area contributed by atoms with Crippen LogP contribution in [-0.4, -0.2) is 36.9 Å². The Morgan fingerprint density at radius 2 is 2.26 bits per heavy atom. The van der Waals surface area contributed by atoms with E-state index in [0.717, 1.165) is 11.3 Å². The minimum atomic E-state index is -0.139. The highest BCUT2D eigenvalue weighted by molar-refractivity contribution is 7.99. The number of aromatic nitrogens is 5. The van der Waals surface area contributed by atoms with E-state index in [2.05, 4.69) is 31.9 Å². The summed E-state index contributed by atoms with van der Waals surface area (Å²) in [7, 11) is 0. The fourth-order valence-electron chi connectivity index (χ4n) is 2.03. The SMILES string of the molecule is Cc1ccc(-n2nnnc2SCC(=O)Nc2nccs2)c(C)c1. The first kappa shape index (κ1) is 15.6. The van der Waals surface area contributed by atoms with E-state index in [1.807, 2.05) is 31.4 Å². The molecule has 7 nitrogen and oxygen atoms in total. The summed E-state index contributed by atoms with van der Waals surface area (Å²) in [6.45, 7) is 4.04. The van der Waals surface area contributed by atoms with E-state index in [1.54, 1.807) is 10.9 Å². The number of nitrogens with one attached hydrogen (secondary N) is 1. The average Bonchev–Trinajstić information content (AvgIpc) is 3.16. The molecule has 3 aromatic rings. The number of anilines is 1. The molecule has 9 heteroatoms. The van der Waals surface area contributed by atoms with Crippen LogP contribution in [0.2, 0.25) is 0 Å². The smallest absolute Gasteiger partial charge is 0.236 e. The van der Waals surface area contributed by atoms with Crippen molar-refractivity contribution in [3.05, 3.63) is 40.9 Å². The van der Waals surface area contributed by atoms with E-state index in [4.69, 9.17) is 0 Å². The predicted molar refractivity (Wildman–Crippen MR) is 90.1 cm³/mol. The summed E-state index contributed by atoms with van der Waals surface area (Å²) in [6, 6.07) is 6.05. The number of hydrogen-bond acceptors (Lipinski definition) is 7. The van der Waals surface area contributed by atoms with Crippen molar-refractivity contribution < 1.29 is 4.79 Å². The molecular formula is C14H14N6OS2. The second-order valence-corrected chi connectivity index (χ2v) is 6.67. The zero-order valence-corrected chi connectivity index (χ0v) is 14.2. The van der Waals surface area contributed by atoms with Crippen LogP contribution < -0.4 is 5.32 Å². The molecule has 2 aromatic heterocycles. The molecule has 23 heavy (non-hydrogen) atoms. The minimum Gasteiger partial charge on any atom is -0.301 e. The monoisotopic (exact) mass is 346 g/mol. The molecule has 0 saturated heterocycles. The van der Waals surface area contributed by atoms with Crippen LogP contribution in [-0.2, 0) is 4.79 Å². The summed E-state index contributed by atoms with van der Waals surface area (Å²) in [5, 5.41) is 17.4. The molecular weight excluding hydrogens is 332 g/mol. The summed E-state index contributed by atoms with van der Waals surface area (Å²) >= 11 is 2.66. The number of thiazole rings is 1. The molecule has 0 aliphatic heterocycles. The van der Waals surface area contributed by atoms with E-state index in [9.17, 15) is 4.79 Å². The predicted octanol–water partition coefficient (Wildman–Crippen LogP) is 2.47. The Balaban J connectivity index is 1.70. The van der Waals surface area contributed by atoms with Gasteiger partial charge in [0.25, 0.3) is 0 Å². The Labute approximate surface area is 141 Å². The Bertz CT molecular complexity index is 815. The Hall–Kier alpha value is -2.26. The van der Waals surface area contributed by atoms with Gasteiger partial charge in [0, 0.05) is 11.6 Å². The fraction of sp³-hybridized carbons (Fsp3) is 0.214. The number of benzene rings is 1. The number of carbonyl (C=O) groups is 1. The first-order valence-electron chi connectivity index (χ1n) is 6.81. The highest BCUT2D eigenvalue weighted by atomic mass is 32.2. The molecule has 0 fully saturated rings. The highest BCUT2D eigenvalue weighted by Crippen LogP contribution is 2.21. The molecule has 3 rings (SSSR count). The normalized spacial score (nSPS) is 10.7. The van der Waals surface area contributed by atoms with Gasteiger partial charge in [0.1, 0.15) is 0 Å². The molecule has 118 valence electrons. The van der Waals surface area contributed by atoms with E-state index in [1.165, 1.54) is 28.7 Å². The number of amides is 1. The van der Waals surface area contributed by atoms with Crippen molar-refractivity contribution in [3.63, 3.8) is 0 Å². The number of thioether (sulfide) groups is 1. The van der Waals surface area contributed by atoms with Crippen molar-refractivity contribution in [2.24, 2.45) is 0 Å². The average molecular weight is 346 g/mol. The molecule has 1 amide bonds. The molecule has 0 bridgehead atoms. The van der Waals surface area contributed by atoms with Gasteiger partial charge in [0.15, 0.2) is 5.13 Å². The van der Waals surface area contributed by atoms with E-state index in [0.29, 0.717) is 10.3 Å². The van der Waals surface area contributed by atoms with Crippen molar-refractivity contribution in [1.29, 1.82) is 0 Å². The molecule has 1 N–H and O–H groups in total. The van der Waals surface area contributed by atoms with Crippen molar-refractivity contribution in [2.45, 2.75) is 19.0 Å². The largest absolute Gasteiger partial charge is 0.301 e. The van der Waals surface area contributed by atoms with Gasteiger partial charge < -0.3 is 5.32 Å². The molecule has 0 radical (unpaired) electrons. The zero-order chi connectivity index (χ0) is 16.2. The van der Waals surface area contributed by atoms with Gasteiger partial charge in [-0.1, -0.05) is 29.5 Å². The van der Waals surface area contributed by atoms with Crippen LogP contribution in [0, 0.1) is 13.8 Å². The Kier molecular flexibility index (Phi) is 4.68. The number of rotatable bonds is 5. The molecule has 1 aromatic carbocycles. The van der Waals surface area contributed by atoms with Crippen molar-refractivity contribution in [2.75, 3.05) is 11.1 Å². The maximum absolute atomic E-state index is 11.9. The second kappa shape index (κ2) is 6.88. The van der Waals surface area contributed by atoms with Crippen LogP contribution in [0.15, 0.2) is 34.9 Å². The second-order valence-electron chi connectivity index (χ2n) is 4.84. The van der Waals surface area contributed by atoms with Crippen LogP contribution in [0.5, 0.6) is 0 Å². The number of tetrazole rings is 1. The Morgan fingerprint density at radius 3 is 3.00 bits per heavy atom. The first-order valence-corrected chi connectivity index (χ1v) is 8.68. The standard InChI is InChI=1S/C14H14N6OS2/c1-9-3-4-11(10(2)7-9)20-14(17-18-19-20)23-8-12(21)16-13-15-5-6-22-13/h3-7H,8H2,1-2H3,(H,15,16,21). The topological polar surface area (TPSA) is 85.6 Å². The van der Waals surface area contributed by atoms with Crippen LogP contribution in [0.4, 0.5) is 5.13 Å². The van der Waals surface area contributed by atoms with Crippen molar-refractivity contribution in [3.8, 4) is 5.69 Å². The first-order chi connectivity index (χ1) is 11.1. The van der Waals surface area contributed by atoms with Gasteiger partial charge in [0.2, 0.25) is 11.1 Å². The summed E-state index contributed by atoms with van der Waals surface area (Å²) < 4.78 is 1.65. The summed E-state index contributed by atoms with van der Waals surface area (Å²) in [6.07, 6.45) is 1.65. The minimum absolute atomic E-state index is 0.139. The van der Waals surface area contributed by atoms with Crippen LogP contribution >= 0.6 is 23.1 Å². The summed E-state index contributed by atoms with van der Waals surface area (Å²) in [4.78, 5) is 15.9. The summed E-state index contributed by atoms with van der Waals surface area (Å²) in [5.41, 5.74) is 3.16. The quantitative estimate of drug-likeness (QED) is 0.714. The lowest BCUT2D eigenvalue weighted by Crippen LogP contribution is -2.14. The number of nitrogens with zero attached hydrogens (tertiary/aromatic N) is 5. The molecule has 0 spiro atoms. The summed E-state index contributed by atoms with van der Waals surface area (Å²) in [5.74, 6) is 0.0744. The van der Waals surface area contributed by atoms with Gasteiger partial charge in [-0.15, -0.1) is 16.4 Å². The zero-order valence-electron chi connectivity index (χ0n) is 12.6. The van der Waals surface area contributed by atoms with Crippen molar-refractivity contribution in [1.82, 2.24) is 25.2 Å². The number of hydrogen-bond donors (Lipinski definition) is 1. The molecule has 0 unspecified atom stereocenters. The van der Waals surface area contributed by atoms with Crippen LogP contribution in [0.1, 0.15) is 11.1 Å². The number of carbonyl (C=O) groups excluding carboxylic acids is 1. The third-order valence-electron chi connectivity index (χ3n) is 3.03. The molecule has 0 aliphatic carbocycles. The lowest BCUT2D eigenvalue weighted by Gasteiger charge is -2.08. The van der Waals surface area contributed by atoms with Gasteiger partial charge in [-0.3, -0.25) is 4.79 Å². The third kappa shape index (κ3) is 3.74. The van der Waals surface area contributed by atoms with E-state index in [-0.39, 0.29) is 11.7 Å². The van der Waals surface area contributed by atoms with Crippen LogP contribution in [0.3, 0.4) is 0 Å². The van der Waals surface area contributed by atoms with Gasteiger partial charge in [0.05, 0.1) is 11.4 Å². The molecule has 2 heterocycles. The van der Waals surface area contributed by atoms with E-state index >= 15 is 0 Å². The third-order valence-corrected chi connectivity index (χ3v) is 4.64. The molecule has 0 aliphatic rings.